The summed E-state index contributed by atoms with van der Waals surface area (Å²) in [7, 11) is 0. The molecule has 0 aromatic carbocycles. The first kappa shape index (κ1) is 9.00. The van der Waals surface area contributed by atoms with Gasteiger partial charge >= 0.3 is 5.97 Å². The number of hydrogen-bond acceptors (Lipinski definition) is 2. The summed E-state index contributed by atoms with van der Waals surface area (Å²) in [6, 6.07) is 0. The van der Waals surface area contributed by atoms with Crippen molar-refractivity contribution in [3.05, 3.63) is 0 Å². The minimum absolute atomic E-state index is 0.0637. The second-order valence-corrected chi connectivity index (χ2v) is 4.54. The Bertz CT molecular complexity index is 199. The van der Waals surface area contributed by atoms with E-state index in [-0.39, 0.29) is 5.92 Å². The molecule has 1 aliphatic heterocycles. The van der Waals surface area contributed by atoms with E-state index in [2.05, 4.69) is 5.32 Å². The predicted molar refractivity (Wildman–Crippen MR) is 49.5 cm³/mol. The van der Waals surface area contributed by atoms with Crippen molar-refractivity contribution in [2.45, 2.75) is 32.1 Å². The lowest BCUT2D eigenvalue weighted by Crippen LogP contribution is -2.32. The van der Waals surface area contributed by atoms with Crippen LogP contribution in [0, 0.1) is 11.3 Å². The minimum atomic E-state index is -0.596. The molecule has 13 heavy (non-hydrogen) atoms. The molecule has 3 heteroatoms. The zero-order valence-electron chi connectivity index (χ0n) is 7.88. The molecular formula is C10H17NO2. The van der Waals surface area contributed by atoms with Crippen molar-refractivity contribution in [1.29, 1.82) is 0 Å². The normalized spacial score (nSPS) is 39.5. The van der Waals surface area contributed by atoms with Crippen LogP contribution in [-0.4, -0.2) is 24.2 Å². The summed E-state index contributed by atoms with van der Waals surface area (Å²) in [5, 5.41) is 12.2. The Balaban J connectivity index is 1.91. The van der Waals surface area contributed by atoms with E-state index in [1.54, 1.807) is 0 Å². The van der Waals surface area contributed by atoms with Crippen molar-refractivity contribution in [3.8, 4) is 0 Å². The Labute approximate surface area is 78.5 Å². The van der Waals surface area contributed by atoms with Crippen molar-refractivity contribution in [2.75, 3.05) is 13.1 Å². The second kappa shape index (κ2) is 3.29. The van der Waals surface area contributed by atoms with E-state index in [1.165, 1.54) is 6.42 Å². The highest BCUT2D eigenvalue weighted by atomic mass is 16.4. The van der Waals surface area contributed by atoms with Crippen LogP contribution in [0.5, 0.6) is 0 Å². The van der Waals surface area contributed by atoms with Crippen LogP contribution in [0.1, 0.15) is 32.1 Å². The maximum absolute atomic E-state index is 10.7. The smallest absolute Gasteiger partial charge is 0.306 e. The van der Waals surface area contributed by atoms with Crippen LogP contribution < -0.4 is 5.32 Å². The largest absolute Gasteiger partial charge is 0.481 e. The summed E-state index contributed by atoms with van der Waals surface area (Å²) < 4.78 is 0. The van der Waals surface area contributed by atoms with Crippen molar-refractivity contribution >= 4 is 5.97 Å². The van der Waals surface area contributed by atoms with Crippen LogP contribution in [0.3, 0.4) is 0 Å². The first-order valence-electron chi connectivity index (χ1n) is 5.15. The lowest BCUT2D eigenvalue weighted by molar-refractivity contribution is -0.143. The quantitative estimate of drug-likeness (QED) is 0.643. The van der Waals surface area contributed by atoms with Crippen LogP contribution in [0.15, 0.2) is 0 Å². The fourth-order valence-corrected chi connectivity index (χ4v) is 2.70. The van der Waals surface area contributed by atoms with Crippen LogP contribution in [0.2, 0.25) is 0 Å². The summed E-state index contributed by atoms with van der Waals surface area (Å²) in [5.74, 6) is -0.660. The van der Waals surface area contributed by atoms with Crippen molar-refractivity contribution in [1.82, 2.24) is 5.32 Å². The number of carbonyl (C=O) groups is 1. The molecule has 2 fully saturated rings. The first-order valence-corrected chi connectivity index (χ1v) is 5.15. The molecule has 0 atom stereocenters. The van der Waals surface area contributed by atoms with E-state index in [9.17, 15) is 4.79 Å². The maximum atomic E-state index is 10.7. The molecule has 0 amide bonds. The van der Waals surface area contributed by atoms with Crippen molar-refractivity contribution in [3.63, 3.8) is 0 Å². The topological polar surface area (TPSA) is 49.3 Å². The van der Waals surface area contributed by atoms with Crippen molar-refractivity contribution < 1.29 is 9.90 Å². The monoisotopic (exact) mass is 183 g/mol. The van der Waals surface area contributed by atoms with Gasteiger partial charge < -0.3 is 10.4 Å². The van der Waals surface area contributed by atoms with Gasteiger partial charge in [-0.3, -0.25) is 4.79 Å². The number of aliphatic carboxylic acids is 1. The van der Waals surface area contributed by atoms with E-state index in [0.717, 1.165) is 38.8 Å². The third-order valence-corrected chi connectivity index (χ3v) is 3.73. The highest BCUT2D eigenvalue weighted by Gasteiger charge is 2.39. The van der Waals surface area contributed by atoms with Crippen LogP contribution in [0.4, 0.5) is 0 Å². The van der Waals surface area contributed by atoms with Gasteiger partial charge in [-0.2, -0.15) is 0 Å². The van der Waals surface area contributed by atoms with Crippen LogP contribution >= 0.6 is 0 Å². The highest BCUT2D eigenvalue weighted by molar-refractivity contribution is 5.70. The number of nitrogens with one attached hydrogen (secondary N) is 1. The van der Waals surface area contributed by atoms with Crippen molar-refractivity contribution in [2.24, 2.45) is 11.3 Å². The van der Waals surface area contributed by atoms with E-state index in [1.807, 2.05) is 0 Å². The third kappa shape index (κ3) is 1.70. The first-order chi connectivity index (χ1) is 6.22. The fraction of sp³-hybridized carbons (Fsp3) is 0.900. The Morgan fingerprint density at radius 3 is 2.46 bits per heavy atom. The SMILES string of the molecule is O=C(O)C1CCC2(CCNC2)CC1. The molecule has 1 saturated heterocycles. The van der Waals surface area contributed by atoms with E-state index in [0.29, 0.717) is 5.41 Å². The summed E-state index contributed by atoms with van der Waals surface area (Å²) in [6.07, 6.45) is 5.24. The molecule has 1 aliphatic carbocycles. The zero-order valence-corrected chi connectivity index (χ0v) is 7.88. The Kier molecular flexibility index (Phi) is 2.28. The van der Waals surface area contributed by atoms with Gasteiger partial charge in [0.05, 0.1) is 5.92 Å². The molecule has 0 aromatic rings. The number of hydrogen-bond donors (Lipinski definition) is 2. The molecule has 2 rings (SSSR count). The zero-order chi connectivity index (χ0) is 9.31. The molecule has 0 bridgehead atoms. The maximum Gasteiger partial charge on any atom is 0.306 e. The molecule has 0 radical (unpaired) electrons. The van der Waals surface area contributed by atoms with Gasteiger partial charge in [0.2, 0.25) is 0 Å². The Morgan fingerprint density at radius 2 is 2.00 bits per heavy atom. The van der Waals surface area contributed by atoms with Gasteiger partial charge in [0, 0.05) is 6.54 Å². The predicted octanol–water partition coefficient (Wildman–Crippen LogP) is 1.24. The highest BCUT2D eigenvalue weighted by Crippen LogP contribution is 2.42. The molecule has 2 aliphatic rings. The molecule has 1 heterocycles. The van der Waals surface area contributed by atoms with Gasteiger partial charge in [0.15, 0.2) is 0 Å². The molecule has 1 spiro atoms. The van der Waals surface area contributed by atoms with Gasteiger partial charge in [0.25, 0.3) is 0 Å². The molecule has 0 aromatic heterocycles. The summed E-state index contributed by atoms with van der Waals surface area (Å²) in [6.45, 7) is 2.23. The Hall–Kier alpha value is -0.570. The Morgan fingerprint density at radius 1 is 1.31 bits per heavy atom. The lowest BCUT2D eigenvalue weighted by atomic mass is 9.70. The molecule has 3 nitrogen and oxygen atoms in total. The number of carboxylic acids is 1. The van der Waals surface area contributed by atoms with E-state index in [4.69, 9.17) is 5.11 Å². The van der Waals surface area contributed by atoms with Crippen LogP contribution in [-0.2, 0) is 4.79 Å². The number of rotatable bonds is 1. The standard InChI is InChI=1S/C10H17NO2/c12-9(13)8-1-3-10(4-2-8)5-6-11-7-10/h8,11H,1-7H2,(H,12,13). The van der Waals surface area contributed by atoms with Gasteiger partial charge in [-0.1, -0.05) is 0 Å². The van der Waals surface area contributed by atoms with Gasteiger partial charge in [-0.25, -0.2) is 0 Å². The second-order valence-electron chi connectivity index (χ2n) is 4.54. The van der Waals surface area contributed by atoms with E-state index < -0.39 is 5.97 Å². The summed E-state index contributed by atoms with van der Waals surface area (Å²) >= 11 is 0. The molecule has 1 saturated carbocycles. The van der Waals surface area contributed by atoms with Gasteiger partial charge in [0.1, 0.15) is 0 Å². The molecule has 0 unspecified atom stereocenters. The summed E-state index contributed by atoms with van der Waals surface area (Å²) in [4.78, 5) is 10.7. The number of carboxylic acid groups (broad SMARTS) is 1. The van der Waals surface area contributed by atoms with Gasteiger partial charge in [-0.05, 0) is 44.1 Å². The molecular weight excluding hydrogens is 166 g/mol. The molecule has 2 N–H and O–H groups in total. The molecule has 74 valence electrons. The average Bonchev–Trinajstić information content (AvgIpc) is 2.54. The van der Waals surface area contributed by atoms with Crippen LogP contribution in [0.25, 0.3) is 0 Å². The minimum Gasteiger partial charge on any atom is -0.481 e. The summed E-state index contributed by atoms with van der Waals surface area (Å²) in [5.41, 5.74) is 0.464. The van der Waals surface area contributed by atoms with Gasteiger partial charge in [-0.15, -0.1) is 0 Å². The van der Waals surface area contributed by atoms with E-state index >= 15 is 0 Å². The average molecular weight is 183 g/mol. The lowest BCUT2D eigenvalue weighted by Gasteiger charge is -2.35. The fourth-order valence-electron chi connectivity index (χ4n) is 2.70. The third-order valence-electron chi connectivity index (χ3n) is 3.73.